The van der Waals surface area contributed by atoms with Crippen molar-refractivity contribution in [2.45, 2.75) is 0 Å². The number of nitrogens with zero attached hydrogens (tertiary/aromatic N) is 2. The lowest BCUT2D eigenvalue weighted by atomic mass is 10.1. The highest BCUT2D eigenvalue weighted by atomic mass is 16.6. The van der Waals surface area contributed by atoms with Gasteiger partial charge in [0, 0.05) is 11.6 Å². The molecule has 0 aromatic heterocycles. The van der Waals surface area contributed by atoms with Crippen LogP contribution in [0.25, 0.3) is 6.08 Å². The lowest BCUT2D eigenvalue weighted by Crippen LogP contribution is -1.98. The summed E-state index contributed by atoms with van der Waals surface area (Å²) in [5.74, 6) is 0.408. The highest BCUT2D eigenvalue weighted by Gasteiger charge is 2.18. The number of carbonyl (C=O) groups is 1. The van der Waals surface area contributed by atoms with E-state index in [-0.39, 0.29) is 5.56 Å². The molecule has 0 atom stereocenters. The Morgan fingerprint density at radius 3 is 2.23 bits per heavy atom. The second kappa shape index (κ2) is 7.88. The molecule has 0 heterocycles. The summed E-state index contributed by atoms with van der Waals surface area (Å²) in [5, 5.41) is 21.8. The van der Waals surface area contributed by atoms with E-state index >= 15 is 0 Å². The van der Waals surface area contributed by atoms with Crippen LogP contribution < -0.4 is 9.47 Å². The van der Waals surface area contributed by atoms with Crippen molar-refractivity contribution in [2.75, 3.05) is 14.2 Å². The fourth-order valence-corrected chi connectivity index (χ4v) is 2.20. The Kier molecular flexibility index (Phi) is 5.63. The maximum absolute atomic E-state index is 12.3. The van der Waals surface area contributed by atoms with Gasteiger partial charge >= 0.3 is 0 Å². The van der Waals surface area contributed by atoms with E-state index in [4.69, 9.17) is 9.47 Å². The first-order valence-electron chi connectivity index (χ1n) is 7.24. The van der Waals surface area contributed by atoms with Crippen molar-refractivity contribution < 1.29 is 24.1 Å². The molecular formula is C17H14N2O7. The predicted molar refractivity (Wildman–Crippen MR) is 92.7 cm³/mol. The average Bonchev–Trinajstić information content (AvgIpc) is 2.64. The van der Waals surface area contributed by atoms with Gasteiger partial charge in [0.15, 0.2) is 17.3 Å². The molecule has 0 radical (unpaired) electrons. The molecule has 2 aromatic rings. The molecule has 134 valence electrons. The second-order valence-corrected chi connectivity index (χ2v) is 5.02. The lowest BCUT2D eigenvalue weighted by molar-refractivity contribution is -0.394. The number of carbonyl (C=O) groups excluding carboxylic acids is 1. The summed E-state index contributed by atoms with van der Waals surface area (Å²) < 4.78 is 10.2. The summed E-state index contributed by atoms with van der Waals surface area (Å²) in [5.41, 5.74) is -0.492. The topological polar surface area (TPSA) is 122 Å². The molecule has 0 saturated heterocycles. The Morgan fingerprint density at radius 1 is 0.962 bits per heavy atom. The zero-order valence-electron chi connectivity index (χ0n) is 13.9. The van der Waals surface area contributed by atoms with Crippen molar-refractivity contribution in [3.05, 3.63) is 73.8 Å². The number of nitro benzene ring substituents is 2. The maximum atomic E-state index is 12.3. The van der Waals surface area contributed by atoms with Gasteiger partial charge in [-0.15, -0.1) is 0 Å². The van der Waals surface area contributed by atoms with E-state index in [0.717, 1.165) is 18.2 Å². The third kappa shape index (κ3) is 4.01. The number of benzene rings is 2. The van der Waals surface area contributed by atoms with Gasteiger partial charge in [-0.3, -0.25) is 25.0 Å². The lowest BCUT2D eigenvalue weighted by Gasteiger charge is -2.08. The third-order valence-corrected chi connectivity index (χ3v) is 3.50. The second-order valence-electron chi connectivity index (χ2n) is 5.02. The summed E-state index contributed by atoms with van der Waals surface area (Å²) in [6.45, 7) is 0. The number of methoxy groups -OCH3 is 2. The number of ketones is 1. The van der Waals surface area contributed by atoms with Crippen LogP contribution in [0.3, 0.4) is 0 Å². The quantitative estimate of drug-likeness (QED) is 0.322. The van der Waals surface area contributed by atoms with Gasteiger partial charge in [0.25, 0.3) is 11.4 Å². The Bertz CT molecular complexity index is 906. The van der Waals surface area contributed by atoms with Gasteiger partial charge in [0.1, 0.15) is 0 Å². The molecule has 9 nitrogen and oxygen atoms in total. The molecule has 0 unspecified atom stereocenters. The smallest absolute Gasteiger partial charge is 0.283 e. The van der Waals surface area contributed by atoms with Gasteiger partial charge in [0.05, 0.1) is 35.7 Å². The fraction of sp³-hybridized carbons (Fsp3) is 0.118. The maximum Gasteiger partial charge on any atom is 0.283 e. The van der Waals surface area contributed by atoms with Crippen molar-refractivity contribution in [3.63, 3.8) is 0 Å². The highest BCUT2D eigenvalue weighted by Crippen LogP contribution is 2.29. The summed E-state index contributed by atoms with van der Waals surface area (Å²) in [6.07, 6.45) is 2.39. The molecule has 0 spiro atoms. The summed E-state index contributed by atoms with van der Waals surface area (Å²) in [6, 6.07) is 7.77. The molecule has 0 N–H and O–H groups in total. The molecule has 0 saturated carbocycles. The zero-order chi connectivity index (χ0) is 19.3. The van der Waals surface area contributed by atoms with E-state index in [9.17, 15) is 25.0 Å². The van der Waals surface area contributed by atoms with E-state index in [1.807, 2.05) is 0 Å². The Balaban J connectivity index is 2.33. The number of non-ortho nitro benzene ring substituents is 1. The molecule has 26 heavy (non-hydrogen) atoms. The standard InChI is InChI=1S/C17H14N2O7/c1-25-16-8-5-12(9-17(16)26-2)15(20)7-4-11-3-6-13(18(21)22)10-14(11)19(23)24/h3-10H,1-2H3/b7-4+. The molecule has 0 fully saturated rings. The predicted octanol–water partition coefficient (Wildman–Crippen LogP) is 3.42. The SMILES string of the molecule is COc1ccc(C(=O)/C=C/c2ccc([N+](=O)[O-])cc2[N+](=O)[O-])cc1OC. The summed E-state index contributed by atoms with van der Waals surface area (Å²) in [7, 11) is 2.90. The summed E-state index contributed by atoms with van der Waals surface area (Å²) in [4.78, 5) is 32.7. The first-order valence-corrected chi connectivity index (χ1v) is 7.24. The van der Waals surface area contributed by atoms with E-state index in [0.29, 0.717) is 17.1 Å². The van der Waals surface area contributed by atoms with E-state index in [1.54, 1.807) is 6.07 Å². The molecule has 0 aliphatic rings. The normalized spacial score (nSPS) is 10.5. The van der Waals surface area contributed by atoms with Crippen molar-refractivity contribution in [1.29, 1.82) is 0 Å². The number of nitro groups is 2. The Morgan fingerprint density at radius 2 is 1.65 bits per heavy atom. The van der Waals surface area contributed by atoms with Crippen LogP contribution in [0.15, 0.2) is 42.5 Å². The van der Waals surface area contributed by atoms with Crippen LogP contribution in [-0.2, 0) is 0 Å². The van der Waals surface area contributed by atoms with Gasteiger partial charge in [0.2, 0.25) is 0 Å². The average molecular weight is 358 g/mol. The largest absolute Gasteiger partial charge is 0.493 e. The first-order chi connectivity index (χ1) is 12.4. The van der Waals surface area contributed by atoms with Gasteiger partial charge < -0.3 is 9.47 Å². The van der Waals surface area contributed by atoms with Crippen molar-refractivity contribution >= 4 is 23.2 Å². The first kappa shape index (κ1) is 18.6. The van der Waals surface area contributed by atoms with Crippen molar-refractivity contribution in [3.8, 4) is 11.5 Å². The van der Waals surface area contributed by atoms with Gasteiger partial charge in [-0.05, 0) is 36.4 Å². The van der Waals surface area contributed by atoms with Gasteiger partial charge in [-0.1, -0.05) is 0 Å². The minimum atomic E-state index is -0.743. The minimum absolute atomic E-state index is 0.0782. The fourth-order valence-electron chi connectivity index (χ4n) is 2.20. The van der Waals surface area contributed by atoms with Crippen molar-refractivity contribution in [2.24, 2.45) is 0 Å². The monoisotopic (exact) mass is 358 g/mol. The van der Waals surface area contributed by atoms with E-state index in [2.05, 4.69) is 0 Å². The van der Waals surface area contributed by atoms with Crippen LogP contribution in [0, 0.1) is 20.2 Å². The number of hydrogen-bond donors (Lipinski definition) is 0. The third-order valence-electron chi connectivity index (χ3n) is 3.50. The molecule has 0 aliphatic heterocycles. The molecule has 2 rings (SSSR count). The van der Waals surface area contributed by atoms with Gasteiger partial charge in [-0.25, -0.2) is 0 Å². The van der Waals surface area contributed by atoms with Crippen LogP contribution in [-0.4, -0.2) is 29.8 Å². The summed E-state index contributed by atoms with van der Waals surface area (Å²) >= 11 is 0. The van der Waals surface area contributed by atoms with E-state index < -0.39 is 27.0 Å². The van der Waals surface area contributed by atoms with Crippen LogP contribution in [0.5, 0.6) is 11.5 Å². The molecule has 0 amide bonds. The van der Waals surface area contributed by atoms with Crippen LogP contribution in [0.1, 0.15) is 15.9 Å². The molecule has 2 aromatic carbocycles. The Hall–Kier alpha value is -3.75. The number of hydrogen-bond acceptors (Lipinski definition) is 7. The van der Waals surface area contributed by atoms with Gasteiger partial charge in [-0.2, -0.15) is 0 Å². The van der Waals surface area contributed by atoms with Crippen molar-refractivity contribution in [1.82, 2.24) is 0 Å². The molecule has 9 heteroatoms. The number of ether oxygens (including phenoxy) is 2. The number of allylic oxidation sites excluding steroid dienone is 1. The Labute approximate surface area is 147 Å². The molecular weight excluding hydrogens is 344 g/mol. The molecule has 0 aliphatic carbocycles. The molecule has 0 bridgehead atoms. The van der Waals surface area contributed by atoms with Crippen LogP contribution in [0.4, 0.5) is 11.4 Å². The van der Waals surface area contributed by atoms with Crippen LogP contribution in [0.2, 0.25) is 0 Å². The minimum Gasteiger partial charge on any atom is -0.493 e. The number of rotatable bonds is 7. The van der Waals surface area contributed by atoms with E-state index in [1.165, 1.54) is 38.5 Å². The highest BCUT2D eigenvalue weighted by molar-refractivity contribution is 6.07. The van der Waals surface area contributed by atoms with Crippen LogP contribution >= 0.6 is 0 Å². The zero-order valence-corrected chi connectivity index (χ0v) is 13.9.